The van der Waals surface area contributed by atoms with Crippen LogP contribution in [0.3, 0.4) is 0 Å². The number of carbonyl (C=O) groups excluding carboxylic acids is 1. The van der Waals surface area contributed by atoms with E-state index in [1.807, 2.05) is 4.57 Å². The summed E-state index contributed by atoms with van der Waals surface area (Å²) >= 11 is 0. The van der Waals surface area contributed by atoms with Crippen molar-refractivity contribution in [1.29, 1.82) is 0 Å². The van der Waals surface area contributed by atoms with Crippen molar-refractivity contribution in [3.63, 3.8) is 0 Å². The van der Waals surface area contributed by atoms with Gasteiger partial charge < -0.3 is 19.7 Å². The lowest BCUT2D eigenvalue weighted by molar-refractivity contribution is 0.00287. The summed E-state index contributed by atoms with van der Waals surface area (Å²) in [6, 6.07) is 5.18. The molecule has 2 N–H and O–H groups in total. The summed E-state index contributed by atoms with van der Waals surface area (Å²) in [6.07, 6.45) is 3.88. The smallest absolute Gasteiger partial charge is 0.338 e. The van der Waals surface area contributed by atoms with Crippen molar-refractivity contribution in [3.8, 4) is 23.0 Å². The summed E-state index contributed by atoms with van der Waals surface area (Å²) in [7, 11) is 0. The predicted octanol–water partition coefficient (Wildman–Crippen LogP) is 2.59. The zero-order valence-electron chi connectivity index (χ0n) is 16.2. The van der Waals surface area contributed by atoms with Crippen LogP contribution in [0.25, 0.3) is 17.2 Å². The van der Waals surface area contributed by atoms with Gasteiger partial charge >= 0.3 is 5.97 Å². The maximum Gasteiger partial charge on any atom is 0.338 e. The van der Waals surface area contributed by atoms with Gasteiger partial charge in [0.15, 0.2) is 0 Å². The van der Waals surface area contributed by atoms with Gasteiger partial charge in [0, 0.05) is 12.5 Å². The SMILES string of the molecule is CC(C)(CN)OC(=O)c1ccc2c(c1)OCc1c(-c3noc(C4CC4)n3)ncn1-2. The number of hydrogen-bond donors (Lipinski definition) is 1. The summed E-state index contributed by atoms with van der Waals surface area (Å²) in [5.74, 6) is 1.66. The first-order valence-corrected chi connectivity index (χ1v) is 9.56. The lowest BCUT2D eigenvalue weighted by atomic mass is 10.1. The minimum Gasteiger partial charge on any atom is -0.485 e. The Morgan fingerprint density at radius 2 is 2.21 bits per heavy atom. The van der Waals surface area contributed by atoms with Gasteiger partial charge in [-0.25, -0.2) is 9.78 Å². The molecule has 1 aromatic carbocycles. The fraction of sp³-hybridized carbons (Fsp3) is 0.400. The van der Waals surface area contributed by atoms with Crippen LogP contribution in [0.15, 0.2) is 29.0 Å². The van der Waals surface area contributed by atoms with E-state index in [1.54, 1.807) is 38.4 Å². The maximum atomic E-state index is 12.4. The van der Waals surface area contributed by atoms with Gasteiger partial charge in [-0.2, -0.15) is 4.98 Å². The van der Waals surface area contributed by atoms with Gasteiger partial charge in [-0.15, -0.1) is 0 Å². The monoisotopic (exact) mass is 395 g/mol. The van der Waals surface area contributed by atoms with Crippen LogP contribution >= 0.6 is 0 Å². The van der Waals surface area contributed by atoms with Crippen molar-refractivity contribution in [3.05, 3.63) is 41.7 Å². The average molecular weight is 395 g/mol. The van der Waals surface area contributed by atoms with Crippen molar-refractivity contribution < 1.29 is 18.8 Å². The Labute approximate surface area is 166 Å². The number of nitrogens with zero attached hydrogens (tertiary/aromatic N) is 4. The molecule has 0 unspecified atom stereocenters. The number of hydrogen-bond acceptors (Lipinski definition) is 8. The summed E-state index contributed by atoms with van der Waals surface area (Å²) in [5, 5.41) is 4.07. The number of imidazole rings is 1. The van der Waals surface area contributed by atoms with E-state index in [0.29, 0.717) is 34.6 Å². The van der Waals surface area contributed by atoms with Gasteiger partial charge in [0.25, 0.3) is 0 Å². The fourth-order valence-electron chi connectivity index (χ4n) is 3.19. The van der Waals surface area contributed by atoms with Crippen LogP contribution in [0.4, 0.5) is 0 Å². The number of rotatable bonds is 5. The third kappa shape index (κ3) is 3.17. The fourth-order valence-corrected chi connectivity index (χ4v) is 3.19. The first-order chi connectivity index (χ1) is 13.9. The molecule has 2 aliphatic rings. The number of ether oxygens (including phenoxy) is 2. The molecule has 1 aliphatic carbocycles. The number of aromatic nitrogens is 4. The van der Waals surface area contributed by atoms with Crippen LogP contribution in [0.1, 0.15) is 54.5 Å². The molecule has 0 spiro atoms. The van der Waals surface area contributed by atoms with Crippen molar-refractivity contribution in [2.75, 3.05) is 6.54 Å². The molecular weight excluding hydrogens is 374 g/mol. The quantitative estimate of drug-likeness (QED) is 0.655. The minimum atomic E-state index is -0.732. The predicted molar refractivity (Wildman–Crippen MR) is 102 cm³/mol. The first-order valence-electron chi connectivity index (χ1n) is 9.56. The molecule has 0 amide bonds. The average Bonchev–Trinajstić information content (AvgIpc) is 3.28. The highest BCUT2D eigenvalue weighted by molar-refractivity contribution is 5.90. The molecule has 1 saturated carbocycles. The molecule has 0 radical (unpaired) electrons. The third-order valence-corrected chi connectivity index (χ3v) is 5.13. The standard InChI is InChI=1S/C20H21N5O4/c1-20(2,9-21)28-19(26)12-5-6-13-15(7-12)27-8-14-16(22-10-25(13)14)17-23-18(29-24-17)11-3-4-11/h5-7,10-11H,3-4,8-9,21H2,1-2H3. The second-order valence-corrected chi connectivity index (χ2v) is 7.96. The van der Waals surface area contributed by atoms with Crippen molar-refractivity contribution in [1.82, 2.24) is 19.7 Å². The Bertz CT molecular complexity index is 1100. The molecule has 0 saturated heterocycles. The zero-order chi connectivity index (χ0) is 20.2. The van der Waals surface area contributed by atoms with Gasteiger partial charge in [0.1, 0.15) is 30.0 Å². The minimum absolute atomic E-state index is 0.236. The number of nitrogens with two attached hydrogens (primary N) is 1. The molecule has 5 rings (SSSR count). The molecule has 0 bridgehead atoms. The maximum absolute atomic E-state index is 12.4. The molecule has 9 nitrogen and oxygen atoms in total. The van der Waals surface area contributed by atoms with Gasteiger partial charge in [-0.05, 0) is 44.9 Å². The zero-order valence-corrected chi connectivity index (χ0v) is 16.2. The molecular formula is C20H21N5O4. The highest BCUT2D eigenvalue weighted by Crippen LogP contribution is 2.40. The van der Waals surface area contributed by atoms with E-state index in [9.17, 15) is 4.79 Å². The highest BCUT2D eigenvalue weighted by Gasteiger charge is 2.32. The molecule has 2 aromatic heterocycles. The van der Waals surface area contributed by atoms with E-state index >= 15 is 0 Å². The second kappa shape index (κ2) is 6.41. The highest BCUT2D eigenvalue weighted by atomic mass is 16.6. The van der Waals surface area contributed by atoms with Crippen molar-refractivity contribution in [2.24, 2.45) is 5.73 Å². The molecule has 29 heavy (non-hydrogen) atoms. The van der Waals surface area contributed by atoms with E-state index in [1.165, 1.54) is 0 Å². The molecule has 9 heteroatoms. The second-order valence-electron chi connectivity index (χ2n) is 7.96. The Balaban J connectivity index is 1.44. The number of esters is 1. The number of fused-ring (bicyclic) bond motifs is 3. The lowest BCUT2D eigenvalue weighted by Crippen LogP contribution is -2.36. The molecule has 3 aromatic rings. The van der Waals surface area contributed by atoms with E-state index in [-0.39, 0.29) is 13.2 Å². The van der Waals surface area contributed by atoms with Gasteiger partial charge in [0.05, 0.1) is 16.9 Å². The third-order valence-electron chi connectivity index (χ3n) is 5.13. The van der Waals surface area contributed by atoms with Crippen LogP contribution in [0.2, 0.25) is 0 Å². The lowest BCUT2D eigenvalue weighted by Gasteiger charge is -2.24. The summed E-state index contributed by atoms with van der Waals surface area (Å²) < 4.78 is 18.6. The van der Waals surface area contributed by atoms with Gasteiger partial charge in [-0.1, -0.05) is 5.16 Å². The molecule has 1 aliphatic heterocycles. The van der Waals surface area contributed by atoms with E-state index in [2.05, 4.69) is 15.1 Å². The van der Waals surface area contributed by atoms with Crippen LogP contribution in [0, 0.1) is 0 Å². The van der Waals surface area contributed by atoms with Crippen LogP contribution in [-0.2, 0) is 11.3 Å². The Kier molecular flexibility index (Phi) is 3.95. The Morgan fingerprint density at radius 3 is 2.97 bits per heavy atom. The van der Waals surface area contributed by atoms with Gasteiger partial charge in [-0.3, -0.25) is 4.57 Å². The Hall–Kier alpha value is -3.20. The Morgan fingerprint density at radius 1 is 1.38 bits per heavy atom. The van der Waals surface area contributed by atoms with E-state index in [0.717, 1.165) is 24.2 Å². The summed E-state index contributed by atoms with van der Waals surface area (Å²) in [6.45, 7) is 4.06. The van der Waals surface area contributed by atoms with Crippen LogP contribution < -0.4 is 10.5 Å². The largest absolute Gasteiger partial charge is 0.485 e. The van der Waals surface area contributed by atoms with Crippen molar-refractivity contribution in [2.45, 2.75) is 44.8 Å². The van der Waals surface area contributed by atoms with E-state index in [4.69, 9.17) is 19.7 Å². The van der Waals surface area contributed by atoms with E-state index < -0.39 is 11.6 Å². The number of carbonyl (C=O) groups is 1. The van der Waals surface area contributed by atoms with Crippen LogP contribution in [-0.4, -0.2) is 37.8 Å². The molecule has 3 heterocycles. The first kappa shape index (κ1) is 17.9. The molecule has 0 atom stereocenters. The summed E-state index contributed by atoms with van der Waals surface area (Å²) in [5.41, 5.74) is 7.57. The van der Waals surface area contributed by atoms with Crippen LogP contribution in [0.5, 0.6) is 5.75 Å². The van der Waals surface area contributed by atoms with Crippen molar-refractivity contribution >= 4 is 5.97 Å². The topological polar surface area (TPSA) is 118 Å². The number of benzene rings is 1. The molecule has 1 fully saturated rings. The van der Waals surface area contributed by atoms with Gasteiger partial charge in [0.2, 0.25) is 11.7 Å². The molecule has 150 valence electrons. The normalized spacial score (nSPS) is 15.4. The summed E-state index contributed by atoms with van der Waals surface area (Å²) in [4.78, 5) is 21.4.